The summed E-state index contributed by atoms with van der Waals surface area (Å²) in [6.07, 6.45) is 0. The predicted octanol–water partition coefficient (Wildman–Crippen LogP) is 13.8. The number of aromatic nitrogens is 5. The fraction of sp³-hybridized carbons (Fsp3) is 0.0172. The average Bonchev–Trinajstić information content (AvgIpc) is 3.88. The third-order valence-corrected chi connectivity index (χ3v) is 13.0. The molecule has 0 atom stereocenters. The first-order chi connectivity index (χ1) is 31.3. The average molecular weight is 804 g/mol. The van der Waals surface area contributed by atoms with E-state index in [1.807, 2.05) is 36.4 Å². The van der Waals surface area contributed by atoms with Crippen LogP contribution in [0.25, 0.3) is 89.2 Å². The van der Waals surface area contributed by atoms with Crippen molar-refractivity contribution >= 4 is 43.6 Å². The second kappa shape index (κ2) is 13.8. The molecule has 1 aliphatic heterocycles. The maximum Gasteiger partial charge on any atom is 0.164 e. The molecule has 5 heteroatoms. The van der Waals surface area contributed by atoms with Crippen LogP contribution in [0, 0.1) is 0 Å². The van der Waals surface area contributed by atoms with Gasteiger partial charge >= 0.3 is 0 Å². The van der Waals surface area contributed by atoms with E-state index in [1.165, 1.54) is 49.6 Å². The molecule has 63 heavy (non-hydrogen) atoms. The summed E-state index contributed by atoms with van der Waals surface area (Å²) in [5, 5.41) is 4.76. The first-order valence-corrected chi connectivity index (χ1v) is 21.5. The highest BCUT2D eigenvalue weighted by atomic mass is 15.0. The molecule has 0 unspecified atom stereocenters. The lowest BCUT2D eigenvalue weighted by Crippen LogP contribution is -2.35. The molecule has 3 aromatic heterocycles. The van der Waals surface area contributed by atoms with Gasteiger partial charge in [-0.3, -0.25) is 0 Å². The molecule has 0 amide bonds. The SMILES string of the molecule is c1ccc(-c2nc(-c3ccccc3)nc(-c3cc4c5c(c3)c3cc(-n6c7ccccc7c7ccccc76)ccc3n5-c3ccccc3C4(c3ccccc3)c3ccccc3)n2)cc1. The van der Waals surface area contributed by atoms with Crippen LogP contribution >= 0.6 is 0 Å². The summed E-state index contributed by atoms with van der Waals surface area (Å²) in [7, 11) is 0. The van der Waals surface area contributed by atoms with E-state index in [-0.39, 0.29) is 0 Å². The maximum atomic E-state index is 5.32. The molecular formula is C58H37N5. The Morgan fingerprint density at radius 2 is 0.794 bits per heavy atom. The summed E-state index contributed by atoms with van der Waals surface area (Å²) in [4.78, 5) is 15.7. The lowest BCUT2D eigenvalue weighted by molar-refractivity contribution is 0.728. The van der Waals surface area contributed by atoms with Gasteiger partial charge in [0, 0.05) is 43.9 Å². The zero-order chi connectivity index (χ0) is 41.5. The Hall–Kier alpha value is -8.41. The lowest BCUT2D eigenvalue weighted by Gasteiger charge is -2.42. The Morgan fingerprint density at radius 1 is 0.317 bits per heavy atom. The van der Waals surface area contributed by atoms with Crippen molar-refractivity contribution in [3.63, 3.8) is 0 Å². The van der Waals surface area contributed by atoms with Gasteiger partial charge in [0.2, 0.25) is 0 Å². The smallest absolute Gasteiger partial charge is 0.164 e. The van der Waals surface area contributed by atoms with E-state index >= 15 is 0 Å². The fourth-order valence-corrected chi connectivity index (χ4v) is 10.4. The third-order valence-electron chi connectivity index (χ3n) is 13.0. The van der Waals surface area contributed by atoms with E-state index in [0.717, 1.165) is 44.4 Å². The van der Waals surface area contributed by atoms with Crippen molar-refractivity contribution < 1.29 is 0 Å². The quantitative estimate of drug-likeness (QED) is 0.168. The maximum absolute atomic E-state index is 5.32. The summed E-state index contributed by atoms with van der Waals surface area (Å²) >= 11 is 0. The van der Waals surface area contributed by atoms with E-state index in [2.05, 4.69) is 197 Å². The van der Waals surface area contributed by atoms with Crippen molar-refractivity contribution in [3.05, 3.63) is 247 Å². The number of fused-ring (bicyclic) bond motifs is 8. The third kappa shape index (κ3) is 5.20. The number of hydrogen-bond donors (Lipinski definition) is 0. The Labute approximate surface area is 363 Å². The highest BCUT2D eigenvalue weighted by molar-refractivity contribution is 6.15. The summed E-state index contributed by atoms with van der Waals surface area (Å²) in [6, 6.07) is 80.5. The molecule has 12 aromatic rings. The zero-order valence-corrected chi connectivity index (χ0v) is 34.1. The summed E-state index contributed by atoms with van der Waals surface area (Å²) in [6.45, 7) is 0. The van der Waals surface area contributed by atoms with Gasteiger partial charge in [0.05, 0.1) is 33.2 Å². The Kier molecular flexibility index (Phi) is 7.75. The highest BCUT2D eigenvalue weighted by Crippen LogP contribution is 2.55. The fourth-order valence-electron chi connectivity index (χ4n) is 10.4. The summed E-state index contributed by atoms with van der Waals surface area (Å²) < 4.78 is 4.91. The summed E-state index contributed by atoms with van der Waals surface area (Å²) in [5.41, 5.74) is 13.8. The van der Waals surface area contributed by atoms with Gasteiger partial charge in [-0.1, -0.05) is 176 Å². The molecule has 0 bridgehead atoms. The van der Waals surface area contributed by atoms with E-state index in [1.54, 1.807) is 0 Å². The second-order valence-electron chi connectivity index (χ2n) is 16.4. The molecule has 0 N–H and O–H groups in total. The molecule has 1 aliphatic rings. The Bertz CT molecular complexity index is 3570. The van der Waals surface area contributed by atoms with Crippen LogP contribution < -0.4 is 0 Å². The van der Waals surface area contributed by atoms with Crippen molar-refractivity contribution in [1.29, 1.82) is 0 Å². The van der Waals surface area contributed by atoms with Crippen LogP contribution in [0.5, 0.6) is 0 Å². The molecular weight excluding hydrogens is 767 g/mol. The monoisotopic (exact) mass is 803 g/mol. The minimum Gasteiger partial charge on any atom is -0.309 e. The molecule has 0 fully saturated rings. The first kappa shape index (κ1) is 35.4. The number of hydrogen-bond acceptors (Lipinski definition) is 3. The van der Waals surface area contributed by atoms with Gasteiger partial charge in [-0.15, -0.1) is 0 Å². The molecule has 0 spiro atoms. The van der Waals surface area contributed by atoms with Crippen molar-refractivity contribution in [2.75, 3.05) is 0 Å². The standard InChI is InChI=1S/C58H37N5/c1-5-19-38(20-6-1)55-59-56(39-21-7-2-8-22-39)61-57(60-55)40-35-47-46-37-43(62-50-30-16-13-27-44(50)45-28-14-17-31-51(45)62)33-34-52(46)63-53-32-18-15-29-48(53)58(49(36-40)54(47)63,41-23-9-3-10-24-41)42-25-11-4-12-26-42/h1-37H. The minimum atomic E-state index is -0.690. The predicted molar refractivity (Wildman–Crippen MR) is 257 cm³/mol. The van der Waals surface area contributed by atoms with Gasteiger partial charge in [-0.25, -0.2) is 15.0 Å². The molecule has 13 rings (SSSR count). The van der Waals surface area contributed by atoms with E-state index in [9.17, 15) is 0 Å². The largest absolute Gasteiger partial charge is 0.309 e. The van der Waals surface area contributed by atoms with Gasteiger partial charge in [0.1, 0.15) is 0 Å². The lowest BCUT2D eigenvalue weighted by atomic mass is 9.63. The van der Waals surface area contributed by atoms with Crippen LogP contribution in [-0.2, 0) is 5.41 Å². The van der Waals surface area contributed by atoms with Gasteiger partial charge in [-0.2, -0.15) is 0 Å². The van der Waals surface area contributed by atoms with Gasteiger partial charge in [0.25, 0.3) is 0 Å². The van der Waals surface area contributed by atoms with E-state index < -0.39 is 5.41 Å². The van der Waals surface area contributed by atoms with Crippen LogP contribution in [0.4, 0.5) is 0 Å². The van der Waals surface area contributed by atoms with E-state index in [0.29, 0.717) is 17.5 Å². The van der Waals surface area contributed by atoms with Gasteiger partial charge in [-0.05, 0) is 70.8 Å². The molecule has 294 valence electrons. The number of para-hydroxylation sites is 3. The zero-order valence-electron chi connectivity index (χ0n) is 34.1. The summed E-state index contributed by atoms with van der Waals surface area (Å²) in [5.74, 6) is 1.88. The van der Waals surface area contributed by atoms with Crippen LogP contribution in [0.2, 0.25) is 0 Å². The van der Waals surface area contributed by atoms with Crippen molar-refractivity contribution in [2.45, 2.75) is 5.41 Å². The Balaban J connectivity index is 1.19. The second-order valence-corrected chi connectivity index (χ2v) is 16.4. The molecule has 0 saturated carbocycles. The van der Waals surface area contributed by atoms with Crippen LogP contribution in [0.1, 0.15) is 22.3 Å². The first-order valence-electron chi connectivity index (χ1n) is 21.5. The number of rotatable bonds is 6. The van der Waals surface area contributed by atoms with Crippen molar-refractivity contribution in [2.24, 2.45) is 0 Å². The number of benzene rings is 9. The van der Waals surface area contributed by atoms with Gasteiger partial charge in [0.15, 0.2) is 17.5 Å². The van der Waals surface area contributed by atoms with E-state index in [4.69, 9.17) is 15.0 Å². The van der Waals surface area contributed by atoms with Crippen molar-refractivity contribution in [3.8, 4) is 45.5 Å². The van der Waals surface area contributed by atoms with Crippen LogP contribution in [0.15, 0.2) is 224 Å². The molecule has 4 heterocycles. The molecule has 0 aliphatic carbocycles. The normalized spacial score (nSPS) is 12.9. The minimum absolute atomic E-state index is 0.620. The Morgan fingerprint density at radius 3 is 1.38 bits per heavy atom. The topological polar surface area (TPSA) is 48.5 Å². The molecule has 5 nitrogen and oxygen atoms in total. The molecule has 0 saturated heterocycles. The van der Waals surface area contributed by atoms with Crippen LogP contribution in [0.3, 0.4) is 0 Å². The number of nitrogens with zero attached hydrogens (tertiary/aromatic N) is 5. The van der Waals surface area contributed by atoms with Crippen LogP contribution in [-0.4, -0.2) is 24.1 Å². The van der Waals surface area contributed by atoms with Gasteiger partial charge < -0.3 is 9.13 Å². The molecule has 9 aromatic carbocycles. The highest BCUT2D eigenvalue weighted by Gasteiger charge is 2.45. The van der Waals surface area contributed by atoms with Crippen molar-refractivity contribution in [1.82, 2.24) is 24.1 Å². The molecule has 0 radical (unpaired) electrons.